The van der Waals surface area contributed by atoms with Crippen molar-refractivity contribution in [3.8, 4) is 5.75 Å². The van der Waals surface area contributed by atoms with Gasteiger partial charge in [-0.05, 0) is 43.0 Å². The molecule has 2 N–H and O–H groups in total. The molecule has 1 fully saturated rings. The summed E-state index contributed by atoms with van der Waals surface area (Å²) in [5.41, 5.74) is 2.35. The number of hydrogen-bond acceptors (Lipinski definition) is 2. The van der Waals surface area contributed by atoms with Gasteiger partial charge in [0.2, 0.25) is 0 Å². The number of hydrogen-bond donors (Lipinski definition) is 2. The summed E-state index contributed by atoms with van der Waals surface area (Å²) in [4.78, 5) is 3.32. The van der Waals surface area contributed by atoms with E-state index in [1.165, 1.54) is 18.4 Å². The van der Waals surface area contributed by atoms with Crippen molar-refractivity contribution in [1.82, 2.24) is 10.3 Å². The molecule has 1 aromatic carbocycles. The highest BCUT2D eigenvalue weighted by Crippen LogP contribution is 2.38. The second-order valence-corrected chi connectivity index (χ2v) is 5.62. The zero-order valence-corrected chi connectivity index (χ0v) is 12.1. The molecule has 1 aromatic heterocycles. The lowest BCUT2D eigenvalue weighted by Gasteiger charge is -2.19. The topological polar surface area (TPSA) is 37.0 Å². The summed E-state index contributed by atoms with van der Waals surface area (Å²) in [6.45, 7) is 3.38. The number of rotatable bonds is 3. The van der Waals surface area contributed by atoms with Crippen molar-refractivity contribution in [2.24, 2.45) is 0 Å². The molecular weight excluding hydrogens is 260 g/mol. The Morgan fingerprint density at radius 2 is 2.26 bits per heavy atom. The number of ether oxygens (including phenoxy) is 1. The molecular formula is C15H19ClN2O. The number of H-pyrrole nitrogens is 1. The van der Waals surface area contributed by atoms with E-state index in [0.717, 1.165) is 23.2 Å². The molecule has 0 spiro atoms. The van der Waals surface area contributed by atoms with E-state index >= 15 is 0 Å². The van der Waals surface area contributed by atoms with Crippen LogP contribution < -0.4 is 10.1 Å². The summed E-state index contributed by atoms with van der Waals surface area (Å²) in [5, 5.41) is 5.38. The molecule has 2 heterocycles. The van der Waals surface area contributed by atoms with Gasteiger partial charge in [0, 0.05) is 23.1 Å². The Labute approximate surface area is 118 Å². The van der Waals surface area contributed by atoms with Gasteiger partial charge in [-0.2, -0.15) is 0 Å². The first-order valence-electron chi connectivity index (χ1n) is 6.79. The highest BCUT2D eigenvalue weighted by atomic mass is 35.5. The van der Waals surface area contributed by atoms with Crippen LogP contribution in [0.3, 0.4) is 0 Å². The van der Waals surface area contributed by atoms with E-state index in [9.17, 15) is 0 Å². The molecule has 1 aliphatic rings. The van der Waals surface area contributed by atoms with Gasteiger partial charge in [-0.3, -0.25) is 0 Å². The zero-order valence-electron chi connectivity index (χ0n) is 11.3. The maximum Gasteiger partial charge on any atom is 0.138 e. The summed E-state index contributed by atoms with van der Waals surface area (Å²) in [5.74, 6) is 1.18. The molecule has 3 rings (SSSR count). The number of methoxy groups -OCH3 is 1. The van der Waals surface area contributed by atoms with Crippen LogP contribution in [0.4, 0.5) is 0 Å². The lowest BCUT2D eigenvalue weighted by molar-refractivity contribution is 0.415. The first-order valence-corrected chi connectivity index (χ1v) is 7.17. The largest absolute Gasteiger partial charge is 0.495 e. The van der Waals surface area contributed by atoms with Crippen LogP contribution in [0, 0.1) is 0 Å². The van der Waals surface area contributed by atoms with Gasteiger partial charge in [-0.25, -0.2) is 0 Å². The Morgan fingerprint density at radius 3 is 2.95 bits per heavy atom. The minimum absolute atomic E-state index is 0.445. The third-order valence-corrected chi connectivity index (χ3v) is 4.57. The molecule has 1 aliphatic heterocycles. The van der Waals surface area contributed by atoms with Crippen LogP contribution in [-0.2, 0) is 0 Å². The summed E-state index contributed by atoms with van der Waals surface area (Å²) in [6.07, 6.45) is 4.57. The van der Waals surface area contributed by atoms with Gasteiger partial charge < -0.3 is 15.0 Å². The number of nitrogens with one attached hydrogen (secondary N) is 2. The number of fused-ring (bicyclic) bond motifs is 1. The lowest BCUT2D eigenvalue weighted by Crippen LogP contribution is -2.27. The van der Waals surface area contributed by atoms with Crippen LogP contribution in [0.25, 0.3) is 10.9 Å². The fourth-order valence-electron chi connectivity index (χ4n) is 3.06. The fourth-order valence-corrected chi connectivity index (χ4v) is 3.41. The molecule has 0 amide bonds. The fraction of sp³-hybridized carbons (Fsp3) is 0.467. The van der Waals surface area contributed by atoms with Crippen molar-refractivity contribution >= 4 is 22.5 Å². The Kier molecular flexibility index (Phi) is 3.42. The van der Waals surface area contributed by atoms with E-state index in [1.807, 2.05) is 12.1 Å². The summed E-state index contributed by atoms with van der Waals surface area (Å²) in [7, 11) is 1.65. The van der Waals surface area contributed by atoms with Crippen LogP contribution in [0.1, 0.15) is 31.2 Å². The monoisotopic (exact) mass is 278 g/mol. The summed E-state index contributed by atoms with van der Waals surface area (Å²) in [6, 6.07) is 4.48. The van der Waals surface area contributed by atoms with E-state index in [4.69, 9.17) is 16.3 Å². The van der Waals surface area contributed by atoms with Crippen LogP contribution >= 0.6 is 11.6 Å². The molecule has 2 atom stereocenters. The first-order chi connectivity index (χ1) is 9.22. The van der Waals surface area contributed by atoms with Gasteiger partial charge in [0.1, 0.15) is 5.75 Å². The van der Waals surface area contributed by atoms with Crippen molar-refractivity contribution in [2.45, 2.75) is 31.7 Å². The van der Waals surface area contributed by atoms with Crippen LogP contribution in [0.5, 0.6) is 5.75 Å². The Bertz CT molecular complexity index is 587. The van der Waals surface area contributed by atoms with Crippen LogP contribution in [0.2, 0.25) is 5.02 Å². The quantitative estimate of drug-likeness (QED) is 0.898. The number of halogens is 1. The normalized spacial score (nSPS) is 20.9. The minimum atomic E-state index is 0.445. The highest BCUT2D eigenvalue weighted by Gasteiger charge is 2.25. The summed E-state index contributed by atoms with van der Waals surface area (Å²) >= 11 is 6.47. The molecule has 0 bridgehead atoms. The van der Waals surface area contributed by atoms with Gasteiger partial charge in [0.05, 0.1) is 12.1 Å². The van der Waals surface area contributed by atoms with Crippen LogP contribution in [-0.4, -0.2) is 24.7 Å². The minimum Gasteiger partial charge on any atom is -0.495 e. The second-order valence-electron chi connectivity index (χ2n) is 5.24. The standard InChI is InChI=1S/C15H19ClN2O/c1-9(11-4-3-7-17-11)10-8-18-12-5-6-13(19-2)15(16)14(10)12/h5-6,8-9,11,17-18H,3-4,7H2,1-2H3. The molecule has 0 saturated carbocycles. The molecule has 4 heteroatoms. The Morgan fingerprint density at radius 1 is 1.42 bits per heavy atom. The second kappa shape index (κ2) is 5.06. The highest BCUT2D eigenvalue weighted by molar-refractivity contribution is 6.37. The van der Waals surface area contributed by atoms with Crippen molar-refractivity contribution in [3.63, 3.8) is 0 Å². The van der Waals surface area contributed by atoms with Crippen LogP contribution in [0.15, 0.2) is 18.3 Å². The Balaban J connectivity index is 2.08. The zero-order chi connectivity index (χ0) is 13.4. The molecule has 2 unspecified atom stereocenters. The molecule has 2 aromatic rings. The van der Waals surface area contributed by atoms with Gasteiger partial charge in [0.25, 0.3) is 0 Å². The van der Waals surface area contributed by atoms with E-state index in [2.05, 4.69) is 23.4 Å². The van der Waals surface area contributed by atoms with E-state index in [-0.39, 0.29) is 0 Å². The van der Waals surface area contributed by atoms with Crippen molar-refractivity contribution in [3.05, 3.63) is 28.9 Å². The van der Waals surface area contributed by atoms with Gasteiger partial charge in [-0.15, -0.1) is 0 Å². The molecule has 0 radical (unpaired) electrons. The number of aromatic nitrogens is 1. The van der Waals surface area contributed by atoms with Gasteiger partial charge in [0.15, 0.2) is 0 Å². The maximum absolute atomic E-state index is 6.47. The SMILES string of the molecule is COc1ccc2[nH]cc(C(C)C3CCCN3)c2c1Cl. The van der Waals surface area contributed by atoms with Gasteiger partial charge >= 0.3 is 0 Å². The molecule has 3 nitrogen and oxygen atoms in total. The Hall–Kier alpha value is -1.19. The average Bonchev–Trinajstić information content (AvgIpc) is 3.08. The van der Waals surface area contributed by atoms with Crippen molar-refractivity contribution < 1.29 is 4.74 Å². The van der Waals surface area contributed by atoms with E-state index < -0.39 is 0 Å². The van der Waals surface area contributed by atoms with Gasteiger partial charge in [-0.1, -0.05) is 18.5 Å². The molecule has 0 aliphatic carbocycles. The van der Waals surface area contributed by atoms with E-state index in [0.29, 0.717) is 17.0 Å². The maximum atomic E-state index is 6.47. The number of aromatic amines is 1. The molecule has 102 valence electrons. The lowest BCUT2D eigenvalue weighted by atomic mass is 9.92. The molecule has 19 heavy (non-hydrogen) atoms. The van der Waals surface area contributed by atoms with Crippen molar-refractivity contribution in [2.75, 3.05) is 13.7 Å². The number of benzene rings is 1. The predicted octanol–water partition coefficient (Wildman–Crippen LogP) is 3.69. The third kappa shape index (κ3) is 2.11. The molecule has 1 saturated heterocycles. The third-order valence-electron chi connectivity index (χ3n) is 4.19. The van der Waals surface area contributed by atoms with E-state index in [1.54, 1.807) is 7.11 Å². The summed E-state index contributed by atoms with van der Waals surface area (Å²) < 4.78 is 5.32. The van der Waals surface area contributed by atoms with Crippen molar-refractivity contribution in [1.29, 1.82) is 0 Å². The first kappa shape index (κ1) is 12.8. The smallest absolute Gasteiger partial charge is 0.138 e. The predicted molar refractivity (Wildman–Crippen MR) is 79.3 cm³/mol. The average molecular weight is 279 g/mol.